The number of hydrogen-bond donors (Lipinski definition) is 1. The molecule has 7 heteroatoms. The largest absolute Gasteiger partial charge is 0.493 e. The Morgan fingerprint density at radius 3 is 2.28 bits per heavy atom. The number of aryl methyl sites for hydroxylation is 1. The molecule has 0 bridgehead atoms. The Hall–Kier alpha value is -2.25. The van der Waals surface area contributed by atoms with E-state index < -0.39 is 0 Å². The molecule has 0 fully saturated rings. The van der Waals surface area contributed by atoms with E-state index in [-0.39, 0.29) is 12.0 Å². The predicted octanol–water partition coefficient (Wildman–Crippen LogP) is 3.20. The number of nitrogens with one attached hydrogen (secondary N) is 1. The highest BCUT2D eigenvalue weighted by Crippen LogP contribution is 2.39. The SMILES string of the molecule is COc1ccc(C(=O)NCC(OC)c2ccc(C)s2)c(OC)c1OC. The van der Waals surface area contributed by atoms with Gasteiger partial charge in [0.25, 0.3) is 5.91 Å². The lowest BCUT2D eigenvalue weighted by molar-refractivity contribution is 0.0835. The van der Waals surface area contributed by atoms with E-state index in [0.29, 0.717) is 29.4 Å². The summed E-state index contributed by atoms with van der Waals surface area (Å²) >= 11 is 1.65. The smallest absolute Gasteiger partial charge is 0.255 e. The monoisotopic (exact) mass is 365 g/mol. The highest BCUT2D eigenvalue weighted by atomic mass is 32.1. The molecule has 25 heavy (non-hydrogen) atoms. The van der Waals surface area contributed by atoms with Crippen molar-refractivity contribution in [3.8, 4) is 17.2 Å². The van der Waals surface area contributed by atoms with Gasteiger partial charge >= 0.3 is 0 Å². The molecule has 1 amide bonds. The van der Waals surface area contributed by atoms with Gasteiger partial charge in [-0.1, -0.05) is 0 Å². The van der Waals surface area contributed by atoms with Crippen LogP contribution in [0.3, 0.4) is 0 Å². The molecule has 1 aromatic carbocycles. The van der Waals surface area contributed by atoms with Gasteiger partial charge in [0, 0.05) is 23.4 Å². The van der Waals surface area contributed by atoms with E-state index in [0.717, 1.165) is 4.88 Å². The van der Waals surface area contributed by atoms with Gasteiger partial charge in [-0.15, -0.1) is 11.3 Å². The zero-order valence-corrected chi connectivity index (χ0v) is 15.9. The van der Waals surface area contributed by atoms with Crippen LogP contribution in [0.5, 0.6) is 17.2 Å². The Balaban J connectivity index is 2.17. The molecule has 1 unspecified atom stereocenters. The van der Waals surface area contributed by atoms with Crippen molar-refractivity contribution in [3.05, 3.63) is 39.6 Å². The molecule has 136 valence electrons. The summed E-state index contributed by atoms with van der Waals surface area (Å²) in [5, 5.41) is 2.89. The van der Waals surface area contributed by atoms with E-state index in [2.05, 4.69) is 5.32 Å². The second-order valence-corrected chi connectivity index (χ2v) is 6.58. The molecular weight excluding hydrogens is 342 g/mol. The summed E-state index contributed by atoms with van der Waals surface area (Å²) in [6.45, 7) is 2.39. The molecule has 0 aliphatic rings. The zero-order chi connectivity index (χ0) is 18.4. The summed E-state index contributed by atoms with van der Waals surface area (Å²) in [6.07, 6.45) is -0.200. The van der Waals surface area contributed by atoms with Crippen LogP contribution < -0.4 is 19.5 Å². The number of methoxy groups -OCH3 is 4. The lowest BCUT2D eigenvalue weighted by atomic mass is 10.1. The summed E-state index contributed by atoms with van der Waals surface area (Å²) < 4.78 is 21.4. The van der Waals surface area contributed by atoms with Crippen LogP contribution in [0.4, 0.5) is 0 Å². The van der Waals surface area contributed by atoms with Gasteiger partial charge in [-0.25, -0.2) is 0 Å². The first kappa shape index (κ1) is 19.1. The Morgan fingerprint density at radius 2 is 1.76 bits per heavy atom. The van der Waals surface area contributed by atoms with Crippen LogP contribution in [0.1, 0.15) is 26.2 Å². The van der Waals surface area contributed by atoms with Crippen molar-refractivity contribution in [1.29, 1.82) is 0 Å². The number of thiophene rings is 1. The van der Waals surface area contributed by atoms with Crippen molar-refractivity contribution < 1.29 is 23.7 Å². The van der Waals surface area contributed by atoms with Crippen molar-refractivity contribution >= 4 is 17.2 Å². The first-order valence-electron chi connectivity index (χ1n) is 7.72. The van der Waals surface area contributed by atoms with Crippen LogP contribution in [0, 0.1) is 6.92 Å². The van der Waals surface area contributed by atoms with E-state index in [1.54, 1.807) is 30.6 Å². The maximum absolute atomic E-state index is 12.6. The van der Waals surface area contributed by atoms with Gasteiger partial charge in [0.1, 0.15) is 6.10 Å². The van der Waals surface area contributed by atoms with Crippen LogP contribution in [-0.4, -0.2) is 40.9 Å². The number of carbonyl (C=O) groups excluding carboxylic acids is 1. The van der Waals surface area contributed by atoms with Crippen LogP contribution in [-0.2, 0) is 4.74 Å². The number of carbonyl (C=O) groups is 1. The third-order valence-electron chi connectivity index (χ3n) is 3.76. The number of amides is 1. The number of hydrogen-bond acceptors (Lipinski definition) is 6. The summed E-state index contributed by atoms with van der Waals surface area (Å²) in [5.74, 6) is 0.947. The second-order valence-electron chi connectivity index (χ2n) is 5.26. The van der Waals surface area contributed by atoms with Crippen molar-refractivity contribution in [2.45, 2.75) is 13.0 Å². The molecule has 0 saturated heterocycles. The molecule has 1 atom stereocenters. The molecule has 0 aliphatic carbocycles. The first-order valence-corrected chi connectivity index (χ1v) is 8.53. The fourth-order valence-corrected chi connectivity index (χ4v) is 3.44. The van der Waals surface area contributed by atoms with Crippen LogP contribution >= 0.6 is 11.3 Å². The molecule has 1 aromatic heterocycles. The van der Waals surface area contributed by atoms with E-state index in [1.165, 1.54) is 26.2 Å². The highest BCUT2D eigenvalue weighted by Gasteiger charge is 2.22. The standard InChI is InChI=1S/C18H23NO5S/c1-11-6-9-15(25-11)14(22-3)10-19-18(20)12-7-8-13(21-2)17(24-5)16(12)23-4/h6-9,14H,10H2,1-5H3,(H,19,20). The summed E-state index contributed by atoms with van der Waals surface area (Å²) in [7, 11) is 6.15. The third-order valence-corrected chi connectivity index (χ3v) is 4.85. The number of rotatable bonds is 8. The summed E-state index contributed by atoms with van der Waals surface area (Å²) in [4.78, 5) is 14.9. The summed E-state index contributed by atoms with van der Waals surface area (Å²) in [5.41, 5.74) is 0.373. The van der Waals surface area contributed by atoms with Gasteiger partial charge in [0.15, 0.2) is 11.5 Å². The Labute approximate surface area is 151 Å². The fraction of sp³-hybridized carbons (Fsp3) is 0.389. The van der Waals surface area contributed by atoms with Crippen molar-refractivity contribution in [2.75, 3.05) is 35.0 Å². The van der Waals surface area contributed by atoms with Crippen molar-refractivity contribution in [3.63, 3.8) is 0 Å². The number of benzene rings is 1. The van der Waals surface area contributed by atoms with Gasteiger partial charge in [0.05, 0.1) is 26.9 Å². The molecule has 6 nitrogen and oxygen atoms in total. The van der Waals surface area contributed by atoms with Gasteiger partial charge in [-0.05, 0) is 31.2 Å². The molecule has 2 aromatic rings. The molecule has 2 rings (SSSR count). The quantitative estimate of drug-likeness (QED) is 0.778. The summed E-state index contributed by atoms with van der Waals surface area (Å²) in [6, 6.07) is 7.36. The topological polar surface area (TPSA) is 66.0 Å². The van der Waals surface area contributed by atoms with Crippen LogP contribution in [0.2, 0.25) is 0 Å². The molecule has 0 radical (unpaired) electrons. The van der Waals surface area contributed by atoms with Crippen molar-refractivity contribution in [1.82, 2.24) is 5.32 Å². The van der Waals surface area contributed by atoms with Crippen molar-refractivity contribution in [2.24, 2.45) is 0 Å². The third kappa shape index (κ3) is 4.24. The lowest BCUT2D eigenvalue weighted by Crippen LogP contribution is -2.29. The maximum atomic E-state index is 12.6. The number of ether oxygens (including phenoxy) is 4. The minimum atomic E-state index is -0.270. The molecule has 0 aliphatic heterocycles. The van der Waals surface area contributed by atoms with Gasteiger partial charge in [0.2, 0.25) is 5.75 Å². The molecular formula is C18H23NO5S. The fourth-order valence-electron chi connectivity index (χ4n) is 2.49. The van der Waals surface area contributed by atoms with E-state index in [9.17, 15) is 4.79 Å². The first-order chi connectivity index (χ1) is 12.0. The van der Waals surface area contributed by atoms with Crippen LogP contribution in [0.15, 0.2) is 24.3 Å². The Bertz CT molecular complexity index is 728. The zero-order valence-electron chi connectivity index (χ0n) is 15.0. The van der Waals surface area contributed by atoms with Gasteiger partial charge in [-0.3, -0.25) is 4.79 Å². The van der Waals surface area contributed by atoms with Crippen LogP contribution in [0.25, 0.3) is 0 Å². The highest BCUT2D eigenvalue weighted by molar-refractivity contribution is 7.12. The van der Waals surface area contributed by atoms with E-state index in [4.69, 9.17) is 18.9 Å². The average Bonchev–Trinajstić information content (AvgIpc) is 3.06. The van der Waals surface area contributed by atoms with Gasteiger partial charge < -0.3 is 24.3 Å². The van der Waals surface area contributed by atoms with Gasteiger partial charge in [-0.2, -0.15) is 0 Å². The minimum absolute atomic E-state index is 0.200. The van der Waals surface area contributed by atoms with E-state index >= 15 is 0 Å². The Kier molecular flexibility index (Phi) is 6.66. The predicted molar refractivity (Wildman–Crippen MR) is 97.2 cm³/mol. The minimum Gasteiger partial charge on any atom is -0.493 e. The molecule has 0 saturated carbocycles. The van der Waals surface area contributed by atoms with E-state index in [1.807, 2.05) is 19.1 Å². The molecule has 1 heterocycles. The second kappa shape index (κ2) is 8.73. The normalized spacial score (nSPS) is 11.7. The molecule has 0 spiro atoms. The average molecular weight is 365 g/mol. The Morgan fingerprint density at radius 1 is 1.04 bits per heavy atom. The lowest BCUT2D eigenvalue weighted by Gasteiger charge is -2.17. The maximum Gasteiger partial charge on any atom is 0.255 e. The molecule has 1 N–H and O–H groups in total.